The number of tetrazole rings is 1. The summed E-state index contributed by atoms with van der Waals surface area (Å²) in [6, 6.07) is 9.66. The molecule has 1 atom stereocenters. The van der Waals surface area contributed by atoms with Crippen molar-refractivity contribution in [3.63, 3.8) is 0 Å². The molecule has 1 heterocycles. The monoisotopic (exact) mass is 234 g/mol. The molecule has 17 heavy (non-hydrogen) atoms. The minimum Gasteiger partial charge on any atom is -0.380 e. The molecule has 0 spiro atoms. The van der Waals surface area contributed by atoms with Gasteiger partial charge in [0.05, 0.1) is 6.61 Å². The molecule has 2 rings (SSSR count). The predicted molar refractivity (Wildman–Crippen MR) is 61.2 cm³/mol. The lowest BCUT2D eigenvalue weighted by molar-refractivity contribution is -0.0353. The number of ether oxygens (including phenoxy) is 2. The highest BCUT2D eigenvalue weighted by atomic mass is 16.5. The van der Waals surface area contributed by atoms with Gasteiger partial charge in [0.1, 0.15) is 0 Å². The molecule has 0 amide bonds. The van der Waals surface area contributed by atoms with Crippen LogP contribution in [0.25, 0.3) is 11.4 Å². The maximum Gasteiger partial charge on any atom is 0.205 e. The fourth-order valence-corrected chi connectivity index (χ4v) is 1.42. The summed E-state index contributed by atoms with van der Waals surface area (Å²) in [6.45, 7) is 0.376. The van der Waals surface area contributed by atoms with Crippen molar-refractivity contribution >= 4 is 0 Å². The molecule has 0 aliphatic carbocycles. The van der Waals surface area contributed by atoms with Crippen molar-refractivity contribution in [1.82, 2.24) is 20.2 Å². The van der Waals surface area contributed by atoms with Crippen LogP contribution in [-0.4, -0.2) is 41.0 Å². The van der Waals surface area contributed by atoms with Crippen molar-refractivity contribution in [3.8, 4) is 11.4 Å². The molecule has 0 saturated heterocycles. The smallest absolute Gasteiger partial charge is 0.205 e. The Morgan fingerprint density at radius 2 is 2.00 bits per heavy atom. The van der Waals surface area contributed by atoms with Crippen LogP contribution in [0.15, 0.2) is 30.3 Å². The Labute approximate surface area is 99.2 Å². The first kappa shape index (κ1) is 11.7. The lowest BCUT2D eigenvalue weighted by Gasteiger charge is -2.11. The number of nitrogens with zero attached hydrogens (tertiary/aromatic N) is 4. The number of hydrogen-bond acceptors (Lipinski definition) is 5. The molecule has 90 valence electrons. The average Bonchev–Trinajstić information content (AvgIpc) is 2.86. The van der Waals surface area contributed by atoms with Crippen LogP contribution >= 0.6 is 0 Å². The van der Waals surface area contributed by atoms with Crippen LogP contribution in [-0.2, 0) is 9.47 Å². The molecule has 1 aromatic heterocycles. The van der Waals surface area contributed by atoms with Gasteiger partial charge in [0.2, 0.25) is 5.82 Å². The molecule has 0 aliphatic heterocycles. The van der Waals surface area contributed by atoms with E-state index in [0.29, 0.717) is 12.4 Å². The second kappa shape index (κ2) is 5.51. The predicted octanol–water partition coefficient (Wildman–Crippen LogP) is 1.13. The SMILES string of the molecule is COCC(OC)n1nnc(-c2ccccc2)n1. The van der Waals surface area contributed by atoms with Gasteiger partial charge in [-0.2, -0.15) is 0 Å². The maximum absolute atomic E-state index is 5.20. The van der Waals surface area contributed by atoms with Gasteiger partial charge in [0.15, 0.2) is 6.23 Å². The molecule has 0 radical (unpaired) electrons. The van der Waals surface area contributed by atoms with Crippen molar-refractivity contribution in [1.29, 1.82) is 0 Å². The first-order chi connectivity index (χ1) is 8.35. The summed E-state index contributed by atoms with van der Waals surface area (Å²) < 4.78 is 10.2. The van der Waals surface area contributed by atoms with E-state index in [0.717, 1.165) is 5.56 Å². The lowest BCUT2D eigenvalue weighted by atomic mass is 10.2. The quantitative estimate of drug-likeness (QED) is 0.776. The maximum atomic E-state index is 5.20. The van der Waals surface area contributed by atoms with E-state index < -0.39 is 0 Å². The third-order valence-corrected chi connectivity index (χ3v) is 2.30. The number of benzene rings is 1. The van der Waals surface area contributed by atoms with Crippen LogP contribution in [0, 0.1) is 0 Å². The Morgan fingerprint density at radius 3 is 2.65 bits per heavy atom. The molecular weight excluding hydrogens is 220 g/mol. The largest absolute Gasteiger partial charge is 0.380 e. The molecular formula is C11H14N4O2. The highest BCUT2D eigenvalue weighted by Crippen LogP contribution is 2.13. The Balaban J connectivity index is 2.21. The Bertz CT molecular complexity index is 458. The van der Waals surface area contributed by atoms with E-state index in [1.54, 1.807) is 14.2 Å². The van der Waals surface area contributed by atoms with Crippen LogP contribution < -0.4 is 0 Å². The zero-order chi connectivity index (χ0) is 12.1. The lowest BCUT2D eigenvalue weighted by Crippen LogP contribution is -2.19. The van der Waals surface area contributed by atoms with E-state index in [-0.39, 0.29) is 6.23 Å². The first-order valence-electron chi connectivity index (χ1n) is 5.22. The summed E-state index contributed by atoms with van der Waals surface area (Å²) >= 11 is 0. The topological polar surface area (TPSA) is 62.1 Å². The Morgan fingerprint density at radius 1 is 1.24 bits per heavy atom. The Hall–Kier alpha value is -1.79. The van der Waals surface area contributed by atoms with E-state index in [4.69, 9.17) is 9.47 Å². The van der Waals surface area contributed by atoms with Crippen molar-refractivity contribution in [3.05, 3.63) is 30.3 Å². The summed E-state index contributed by atoms with van der Waals surface area (Å²) in [6.07, 6.45) is -0.357. The number of rotatable bonds is 5. The van der Waals surface area contributed by atoms with Crippen molar-refractivity contribution in [2.45, 2.75) is 6.23 Å². The van der Waals surface area contributed by atoms with E-state index in [9.17, 15) is 0 Å². The third-order valence-electron chi connectivity index (χ3n) is 2.30. The van der Waals surface area contributed by atoms with E-state index >= 15 is 0 Å². The van der Waals surface area contributed by atoms with Gasteiger partial charge < -0.3 is 9.47 Å². The zero-order valence-electron chi connectivity index (χ0n) is 9.78. The van der Waals surface area contributed by atoms with Crippen LogP contribution in [0.4, 0.5) is 0 Å². The minimum atomic E-state index is -0.357. The molecule has 2 aromatic rings. The van der Waals surface area contributed by atoms with Gasteiger partial charge in [-0.3, -0.25) is 0 Å². The second-order valence-corrected chi connectivity index (χ2v) is 3.45. The summed E-state index contributed by atoms with van der Waals surface area (Å²) in [5.74, 6) is 0.573. The van der Waals surface area contributed by atoms with Crippen molar-refractivity contribution in [2.24, 2.45) is 0 Å². The summed E-state index contributed by atoms with van der Waals surface area (Å²) in [7, 11) is 3.18. The fourth-order valence-electron chi connectivity index (χ4n) is 1.42. The molecule has 0 fully saturated rings. The van der Waals surface area contributed by atoms with Gasteiger partial charge in [-0.1, -0.05) is 30.3 Å². The van der Waals surface area contributed by atoms with Gasteiger partial charge in [0.25, 0.3) is 0 Å². The fraction of sp³-hybridized carbons (Fsp3) is 0.364. The molecule has 0 N–H and O–H groups in total. The van der Waals surface area contributed by atoms with Gasteiger partial charge in [-0.25, -0.2) is 0 Å². The van der Waals surface area contributed by atoms with E-state index in [1.165, 1.54) is 4.80 Å². The third kappa shape index (κ3) is 2.66. The number of aromatic nitrogens is 4. The molecule has 1 aromatic carbocycles. The van der Waals surface area contributed by atoms with Gasteiger partial charge in [-0.05, 0) is 5.21 Å². The minimum absolute atomic E-state index is 0.357. The number of hydrogen-bond donors (Lipinski definition) is 0. The van der Waals surface area contributed by atoms with Crippen LogP contribution in [0.3, 0.4) is 0 Å². The van der Waals surface area contributed by atoms with Crippen molar-refractivity contribution < 1.29 is 9.47 Å². The van der Waals surface area contributed by atoms with Gasteiger partial charge >= 0.3 is 0 Å². The highest BCUT2D eigenvalue weighted by molar-refractivity contribution is 5.52. The van der Waals surface area contributed by atoms with Gasteiger partial charge in [0, 0.05) is 19.8 Å². The zero-order valence-corrected chi connectivity index (χ0v) is 9.78. The molecule has 6 nitrogen and oxygen atoms in total. The molecule has 0 aliphatic rings. The highest BCUT2D eigenvalue weighted by Gasteiger charge is 2.14. The van der Waals surface area contributed by atoms with E-state index in [1.807, 2.05) is 30.3 Å². The standard InChI is InChI=1S/C11H14N4O2/c1-16-8-10(17-2)15-13-11(12-14-15)9-6-4-3-5-7-9/h3-7,10H,8H2,1-2H3. The van der Waals surface area contributed by atoms with Crippen LogP contribution in [0.1, 0.15) is 6.23 Å². The Kier molecular flexibility index (Phi) is 3.79. The molecule has 1 unspecified atom stereocenters. The normalized spacial score (nSPS) is 12.6. The first-order valence-corrected chi connectivity index (χ1v) is 5.22. The van der Waals surface area contributed by atoms with E-state index in [2.05, 4.69) is 15.4 Å². The molecule has 0 bridgehead atoms. The molecule has 0 saturated carbocycles. The summed E-state index contributed by atoms with van der Waals surface area (Å²) in [4.78, 5) is 1.41. The average molecular weight is 234 g/mol. The van der Waals surface area contributed by atoms with Crippen molar-refractivity contribution in [2.75, 3.05) is 20.8 Å². The number of methoxy groups -OCH3 is 2. The summed E-state index contributed by atoms with van der Waals surface area (Å²) in [5.41, 5.74) is 0.922. The van der Waals surface area contributed by atoms with Crippen LogP contribution in [0.2, 0.25) is 0 Å². The summed E-state index contributed by atoms with van der Waals surface area (Å²) in [5, 5.41) is 12.2. The van der Waals surface area contributed by atoms with Crippen LogP contribution in [0.5, 0.6) is 0 Å². The molecule has 6 heteroatoms. The second-order valence-electron chi connectivity index (χ2n) is 3.45. The van der Waals surface area contributed by atoms with Gasteiger partial charge in [-0.15, -0.1) is 15.0 Å².